The number of amides is 1. The van der Waals surface area contributed by atoms with E-state index in [4.69, 9.17) is 5.11 Å². The predicted molar refractivity (Wildman–Crippen MR) is 72.8 cm³/mol. The van der Waals surface area contributed by atoms with Crippen molar-refractivity contribution in [1.29, 1.82) is 0 Å². The third-order valence-electron chi connectivity index (χ3n) is 3.15. The number of carbonyl (C=O) groups is 2. The number of thioether (sulfide) groups is 1. The first-order valence-electron chi connectivity index (χ1n) is 6.38. The maximum absolute atomic E-state index is 11.6. The number of carboxylic acid groups (broad SMARTS) is 1. The monoisotopic (exact) mass is 274 g/mol. The number of carboxylic acids is 1. The molecular formula is C12H22N2O3S. The summed E-state index contributed by atoms with van der Waals surface area (Å²) in [7, 11) is 0. The van der Waals surface area contributed by atoms with Gasteiger partial charge in [-0.3, -0.25) is 4.79 Å². The van der Waals surface area contributed by atoms with E-state index >= 15 is 0 Å². The van der Waals surface area contributed by atoms with Crippen LogP contribution in [0.4, 0.5) is 0 Å². The molecule has 6 heteroatoms. The van der Waals surface area contributed by atoms with Crippen LogP contribution in [0.25, 0.3) is 0 Å². The van der Waals surface area contributed by atoms with Gasteiger partial charge in [0.25, 0.3) is 0 Å². The largest absolute Gasteiger partial charge is 0.480 e. The van der Waals surface area contributed by atoms with Crippen molar-refractivity contribution in [2.24, 2.45) is 0 Å². The van der Waals surface area contributed by atoms with Crippen molar-refractivity contribution in [3.8, 4) is 0 Å². The highest BCUT2D eigenvalue weighted by Gasteiger charge is 2.20. The van der Waals surface area contributed by atoms with Gasteiger partial charge in [0, 0.05) is 6.04 Å². The van der Waals surface area contributed by atoms with E-state index in [9.17, 15) is 9.59 Å². The lowest BCUT2D eigenvalue weighted by atomic mass is 10.2. The van der Waals surface area contributed by atoms with Crippen LogP contribution in [0, 0.1) is 0 Å². The molecule has 1 amide bonds. The molecule has 0 saturated heterocycles. The second kappa shape index (κ2) is 8.37. The van der Waals surface area contributed by atoms with E-state index in [-0.39, 0.29) is 12.5 Å². The molecule has 5 nitrogen and oxygen atoms in total. The van der Waals surface area contributed by atoms with E-state index in [1.165, 1.54) is 12.8 Å². The third-order valence-corrected chi connectivity index (χ3v) is 3.79. The molecule has 3 N–H and O–H groups in total. The molecule has 0 spiro atoms. The Bertz CT molecular complexity index is 280. The topological polar surface area (TPSA) is 78.4 Å². The van der Waals surface area contributed by atoms with Gasteiger partial charge in [0.1, 0.15) is 6.04 Å². The lowest BCUT2D eigenvalue weighted by molar-refractivity contribution is -0.141. The molecule has 1 aliphatic rings. The van der Waals surface area contributed by atoms with Gasteiger partial charge in [0.2, 0.25) is 5.91 Å². The number of hydrogen-bond donors (Lipinski definition) is 3. The van der Waals surface area contributed by atoms with Gasteiger partial charge in [-0.15, -0.1) is 0 Å². The van der Waals surface area contributed by atoms with Gasteiger partial charge in [0.15, 0.2) is 0 Å². The smallest absolute Gasteiger partial charge is 0.326 e. The quantitative estimate of drug-likeness (QED) is 0.611. The lowest BCUT2D eigenvalue weighted by Gasteiger charge is -2.16. The zero-order valence-electron chi connectivity index (χ0n) is 10.8. The van der Waals surface area contributed by atoms with Gasteiger partial charge in [-0.05, 0) is 31.3 Å². The fraction of sp³-hybridized carbons (Fsp3) is 0.833. The number of nitrogens with one attached hydrogen (secondary N) is 2. The second-order valence-electron chi connectivity index (χ2n) is 4.60. The summed E-state index contributed by atoms with van der Waals surface area (Å²) in [6.07, 6.45) is 7.04. The summed E-state index contributed by atoms with van der Waals surface area (Å²) in [5.41, 5.74) is 0. The van der Waals surface area contributed by atoms with E-state index in [1.54, 1.807) is 11.8 Å². The minimum Gasteiger partial charge on any atom is -0.480 e. The van der Waals surface area contributed by atoms with Crippen molar-refractivity contribution in [1.82, 2.24) is 10.6 Å². The molecular weight excluding hydrogens is 252 g/mol. The van der Waals surface area contributed by atoms with E-state index in [0.29, 0.717) is 12.5 Å². The molecule has 1 fully saturated rings. The molecule has 1 aliphatic carbocycles. The number of carbonyl (C=O) groups excluding carboxylic acids is 1. The van der Waals surface area contributed by atoms with E-state index < -0.39 is 12.0 Å². The highest BCUT2D eigenvalue weighted by Crippen LogP contribution is 2.17. The maximum Gasteiger partial charge on any atom is 0.326 e. The van der Waals surface area contributed by atoms with Crippen LogP contribution in [0.5, 0.6) is 0 Å². The molecule has 0 aliphatic heterocycles. The van der Waals surface area contributed by atoms with Crippen LogP contribution < -0.4 is 10.6 Å². The number of hydrogen-bond acceptors (Lipinski definition) is 4. The van der Waals surface area contributed by atoms with Crippen molar-refractivity contribution in [3.05, 3.63) is 0 Å². The van der Waals surface area contributed by atoms with Gasteiger partial charge < -0.3 is 15.7 Å². The normalized spacial score (nSPS) is 17.6. The van der Waals surface area contributed by atoms with Crippen LogP contribution in [0.15, 0.2) is 0 Å². The zero-order chi connectivity index (χ0) is 13.4. The molecule has 0 bridgehead atoms. The molecule has 1 rings (SSSR count). The SMILES string of the molecule is CSCC[C@H](NC(=O)CNC1CCCC1)C(=O)O. The van der Waals surface area contributed by atoms with Crippen LogP contribution >= 0.6 is 11.8 Å². The van der Waals surface area contributed by atoms with Crippen LogP contribution in [0.1, 0.15) is 32.1 Å². The summed E-state index contributed by atoms with van der Waals surface area (Å²) in [4.78, 5) is 22.6. The highest BCUT2D eigenvalue weighted by atomic mass is 32.2. The molecule has 0 heterocycles. The first-order valence-corrected chi connectivity index (χ1v) is 7.77. The van der Waals surface area contributed by atoms with Crippen LogP contribution in [0.3, 0.4) is 0 Å². The summed E-state index contributed by atoms with van der Waals surface area (Å²) >= 11 is 1.58. The molecule has 1 saturated carbocycles. The summed E-state index contributed by atoms with van der Waals surface area (Å²) in [6.45, 7) is 0.216. The predicted octanol–water partition coefficient (Wildman–Crippen LogP) is 0.841. The van der Waals surface area contributed by atoms with Crippen molar-refractivity contribution >= 4 is 23.6 Å². The summed E-state index contributed by atoms with van der Waals surface area (Å²) in [5.74, 6) is -0.457. The minimum absolute atomic E-state index is 0.216. The Hall–Kier alpha value is -0.750. The number of rotatable bonds is 8. The number of aliphatic carboxylic acids is 1. The van der Waals surface area contributed by atoms with Gasteiger partial charge >= 0.3 is 5.97 Å². The standard InChI is InChI=1S/C12H22N2O3S/c1-18-7-6-10(12(16)17)14-11(15)8-13-9-4-2-3-5-9/h9-10,13H,2-8H2,1H3,(H,14,15)(H,16,17)/t10-/m0/s1. The van der Waals surface area contributed by atoms with Crippen molar-refractivity contribution in [3.63, 3.8) is 0 Å². The maximum atomic E-state index is 11.6. The van der Waals surface area contributed by atoms with Crippen molar-refractivity contribution < 1.29 is 14.7 Å². The minimum atomic E-state index is -0.960. The highest BCUT2D eigenvalue weighted by molar-refractivity contribution is 7.98. The molecule has 0 aromatic rings. The summed E-state index contributed by atoms with van der Waals surface area (Å²) in [6, 6.07) is -0.347. The Balaban J connectivity index is 2.24. The molecule has 0 unspecified atom stereocenters. The van der Waals surface area contributed by atoms with Crippen LogP contribution in [-0.2, 0) is 9.59 Å². The fourth-order valence-electron chi connectivity index (χ4n) is 2.11. The summed E-state index contributed by atoms with van der Waals surface area (Å²) in [5, 5.41) is 14.7. The average molecular weight is 274 g/mol. The molecule has 0 radical (unpaired) electrons. The Morgan fingerprint density at radius 1 is 1.39 bits per heavy atom. The van der Waals surface area contributed by atoms with E-state index in [0.717, 1.165) is 18.6 Å². The fourth-order valence-corrected chi connectivity index (χ4v) is 2.58. The molecule has 1 atom stereocenters. The van der Waals surface area contributed by atoms with Crippen LogP contribution in [0.2, 0.25) is 0 Å². The molecule has 0 aromatic heterocycles. The molecule has 104 valence electrons. The van der Waals surface area contributed by atoms with Gasteiger partial charge in [-0.1, -0.05) is 12.8 Å². The Labute approximate surface area is 112 Å². The van der Waals surface area contributed by atoms with Gasteiger partial charge in [-0.25, -0.2) is 4.79 Å². The lowest BCUT2D eigenvalue weighted by Crippen LogP contribution is -2.46. The van der Waals surface area contributed by atoms with Gasteiger partial charge in [-0.2, -0.15) is 11.8 Å². The van der Waals surface area contributed by atoms with E-state index in [2.05, 4.69) is 10.6 Å². The van der Waals surface area contributed by atoms with E-state index in [1.807, 2.05) is 6.26 Å². The second-order valence-corrected chi connectivity index (χ2v) is 5.59. The molecule has 18 heavy (non-hydrogen) atoms. The Morgan fingerprint density at radius 3 is 2.61 bits per heavy atom. The average Bonchev–Trinajstić information content (AvgIpc) is 2.84. The first kappa shape index (κ1) is 15.3. The van der Waals surface area contributed by atoms with Crippen molar-refractivity contribution in [2.45, 2.75) is 44.2 Å². The third kappa shape index (κ3) is 5.73. The van der Waals surface area contributed by atoms with Crippen LogP contribution in [-0.4, -0.2) is 47.6 Å². The zero-order valence-corrected chi connectivity index (χ0v) is 11.6. The summed E-state index contributed by atoms with van der Waals surface area (Å²) < 4.78 is 0. The van der Waals surface area contributed by atoms with Crippen molar-refractivity contribution in [2.75, 3.05) is 18.6 Å². The Kier molecular flexibility index (Phi) is 7.12. The molecule has 0 aromatic carbocycles. The Morgan fingerprint density at radius 2 is 2.06 bits per heavy atom. The first-order chi connectivity index (χ1) is 8.63. The van der Waals surface area contributed by atoms with Gasteiger partial charge in [0.05, 0.1) is 6.54 Å².